The van der Waals surface area contributed by atoms with E-state index in [0.717, 1.165) is 27.9 Å². The molecule has 0 N–H and O–H groups in total. The van der Waals surface area contributed by atoms with Gasteiger partial charge < -0.3 is 4.42 Å². The summed E-state index contributed by atoms with van der Waals surface area (Å²) in [5.74, 6) is 0.711. The maximum atomic E-state index is 6.70. The minimum Gasteiger partial charge on any atom is -0.461 e. The Hall–Kier alpha value is -5.86. The topological polar surface area (TPSA) is 13.1 Å². The highest BCUT2D eigenvalue weighted by Crippen LogP contribution is 2.55. The SMILES string of the molecule is [B]C(C)/C=C(\c1c(C)oc2cc3ccccc3cc12)c1c2ccccc2c(-c2cc3c(c4ccccc24)-c2ccccc2C3(C)C)c2ccccc12. The molecule has 8 aromatic carbocycles. The third-order valence-corrected chi connectivity index (χ3v) is 11.5. The highest BCUT2D eigenvalue weighted by molar-refractivity contribution is 6.25. The fraction of sp³-hybridized carbons (Fsp3) is 0.120. The van der Waals surface area contributed by atoms with Gasteiger partial charge in [-0.3, -0.25) is 0 Å². The van der Waals surface area contributed by atoms with E-state index >= 15 is 0 Å². The van der Waals surface area contributed by atoms with E-state index in [0.29, 0.717) is 0 Å². The Labute approximate surface area is 305 Å². The number of furan rings is 1. The van der Waals surface area contributed by atoms with Gasteiger partial charge in [0, 0.05) is 16.4 Å². The number of benzene rings is 8. The maximum Gasteiger partial charge on any atom is 0.135 e. The lowest BCUT2D eigenvalue weighted by Crippen LogP contribution is -2.15. The zero-order valence-electron chi connectivity index (χ0n) is 29.9. The molecule has 1 aromatic heterocycles. The molecule has 0 saturated heterocycles. The normalized spacial score (nSPS) is 14.4. The van der Waals surface area contributed by atoms with Crippen LogP contribution in [0.1, 0.15) is 48.8 Å². The van der Waals surface area contributed by atoms with E-state index in [1.165, 1.54) is 82.0 Å². The fourth-order valence-electron chi connectivity index (χ4n) is 9.26. The average molecular weight is 665 g/mol. The molecule has 0 spiro atoms. The monoisotopic (exact) mass is 664 g/mol. The second kappa shape index (κ2) is 11.3. The molecular weight excluding hydrogens is 627 g/mol. The van der Waals surface area contributed by atoms with Crippen molar-refractivity contribution in [1.82, 2.24) is 0 Å². The van der Waals surface area contributed by atoms with Crippen LogP contribution in [-0.2, 0) is 5.41 Å². The van der Waals surface area contributed by atoms with Crippen molar-refractivity contribution in [2.45, 2.75) is 38.9 Å². The van der Waals surface area contributed by atoms with Gasteiger partial charge in [0.15, 0.2) is 0 Å². The molecular formula is C50H37BO. The molecule has 2 radical (unpaired) electrons. The number of rotatable bonds is 4. The lowest BCUT2D eigenvalue weighted by molar-refractivity contribution is 0.577. The minimum atomic E-state index is -0.179. The average Bonchev–Trinajstić information content (AvgIpc) is 3.60. The third kappa shape index (κ3) is 4.37. The molecule has 1 heterocycles. The Kier molecular flexibility index (Phi) is 6.73. The van der Waals surface area contributed by atoms with Gasteiger partial charge in [-0.05, 0) is 113 Å². The number of aryl methyl sites for hydroxylation is 1. The van der Waals surface area contributed by atoms with Crippen LogP contribution in [0.5, 0.6) is 0 Å². The molecule has 1 aliphatic carbocycles. The quantitative estimate of drug-likeness (QED) is 0.135. The van der Waals surface area contributed by atoms with E-state index in [-0.39, 0.29) is 11.2 Å². The van der Waals surface area contributed by atoms with Crippen LogP contribution >= 0.6 is 0 Å². The molecule has 1 unspecified atom stereocenters. The predicted octanol–water partition coefficient (Wildman–Crippen LogP) is 13.7. The van der Waals surface area contributed by atoms with Crippen LogP contribution < -0.4 is 0 Å². The summed E-state index contributed by atoms with van der Waals surface area (Å²) in [5.41, 5.74) is 12.2. The summed E-state index contributed by atoms with van der Waals surface area (Å²) in [6.45, 7) is 8.90. The molecule has 2 heteroatoms. The van der Waals surface area contributed by atoms with Crippen molar-refractivity contribution in [1.29, 1.82) is 0 Å². The van der Waals surface area contributed by atoms with E-state index in [9.17, 15) is 0 Å². The molecule has 0 fully saturated rings. The van der Waals surface area contributed by atoms with Gasteiger partial charge in [0.05, 0.1) is 7.85 Å². The third-order valence-electron chi connectivity index (χ3n) is 11.5. The summed E-state index contributed by atoms with van der Waals surface area (Å²) >= 11 is 0. The van der Waals surface area contributed by atoms with Gasteiger partial charge in [-0.2, -0.15) is 0 Å². The van der Waals surface area contributed by atoms with Crippen molar-refractivity contribution in [3.63, 3.8) is 0 Å². The van der Waals surface area contributed by atoms with Crippen molar-refractivity contribution in [3.05, 3.63) is 174 Å². The molecule has 9 aromatic rings. The van der Waals surface area contributed by atoms with Gasteiger partial charge in [0.2, 0.25) is 0 Å². The number of hydrogen-bond acceptors (Lipinski definition) is 1. The molecule has 1 aliphatic rings. The second-order valence-electron chi connectivity index (χ2n) is 15.1. The van der Waals surface area contributed by atoms with Crippen LogP contribution in [0, 0.1) is 6.92 Å². The Morgan fingerprint density at radius 1 is 0.558 bits per heavy atom. The summed E-state index contributed by atoms with van der Waals surface area (Å²) in [5, 5.41) is 10.9. The molecule has 0 bridgehead atoms. The highest BCUT2D eigenvalue weighted by atomic mass is 16.3. The van der Waals surface area contributed by atoms with Gasteiger partial charge >= 0.3 is 0 Å². The number of allylic oxidation sites excluding steroid dienone is 1. The lowest BCUT2D eigenvalue weighted by atomic mass is 9.77. The highest BCUT2D eigenvalue weighted by Gasteiger charge is 2.37. The largest absolute Gasteiger partial charge is 0.461 e. The predicted molar refractivity (Wildman–Crippen MR) is 223 cm³/mol. The summed E-state index contributed by atoms with van der Waals surface area (Å²) in [7, 11) is 6.70. The molecule has 1 nitrogen and oxygen atoms in total. The molecule has 1 atom stereocenters. The smallest absolute Gasteiger partial charge is 0.135 e. The maximum absolute atomic E-state index is 6.70. The Morgan fingerprint density at radius 3 is 1.75 bits per heavy atom. The first kappa shape index (κ1) is 30.9. The van der Waals surface area contributed by atoms with Crippen LogP contribution in [0.2, 0.25) is 5.82 Å². The van der Waals surface area contributed by atoms with Gasteiger partial charge in [-0.15, -0.1) is 0 Å². The summed E-state index contributed by atoms with van der Waals surface area (Å²) in [6, 6.07) is 51.3. The Morgan fingerprint density at radius 2 is 1.10 bits per heavy atom. The van der Waals surface area contributed by atoms with E-state index in [2.05, 4.69) is 173 Å². The van der Waals surface area contributed by atoms with Gasteiger partial charge in [0.1, 0.15) is 11.3 Å². The van der Waals surface area contributed by atoms with Crippen molar-refractivity contribution in [2.75, 3.05) is 0 Å². The zero-order valence-corrected chi connectivity index (χ0v) is 29.9. The molecule has 246 valence electrons. The van der Waals surface area contributed by atoms with E-state index in [1.54, 1.807) is 0 Å². The fourth-order valence-corrected chi connectivity index (χ4v) is 9.26. The number of fused-ring (bicyclic) bond motifs is 9. The van der Waals surface area contributed by atoms with Crippen LogP contribution in [0.3, 0.4) is 0 Å². The first-order chi connectivity index (χ1) is 25.3. The van der Waals surface area contributed by atoms with Gasteiger partial charge in [0.25, 0.3) is 0 Å². The van der Waals surface area contributed by atoms with Gasteiger partial charge in [-0.25, -0.2) is 0 Å². The van der Waals surface area contributed by atoms with Crippen molar-refractivity contribution in [3.8, 4) is 22.3 Å². The van der Waals surface area contributed by atoms with E-state index in [1.807, 2.05) is 0 Å². The summed E-state index contributed by atoms with van der Waals surface area (Å²) < 4.78 is 6.56. The Bertz CT molecular complexity index is 2910. The van der Waals surface area contributed by atoms with Crippen LogP contribution in [0.4, 0.5) is 0 Å². The van der Waals surface area contributed by atoms with Crippen LogP contribution in [0.15, 0.2) is 150 Å². The molecule has 0 aliphatic heterocycles. The van der Waals surface area contributed by atoms with Crippen molar-refractivity contribution >= 4 is 67.5 Å². The minimum absolute atomic E-state index is 0.131. The molecule has 0 saturated carbocycles. The second-order valence-corrected chi connectivity index (χ2v) is 15.1. The van der Waals surface area contributed by atoms with Crippen LogP contribution in [-0.4, -0.2) is 7.85 Å². The molecule has 52 heavy (non-hydrogen) atoms. The van der Waals surface area contributed by atoms with Crippen molar-refractivity contribution < 1.29 is 4.42 Å². The molecule has 0 amide bonds. The van der Waals surface area contributed by atoms with E-state index < -0.39 is 0 Å². The van der Waals surface area contributed by atoms with Crippen LogP contribution in [0.25, 0.3) is 81.9 Å². The molecule has 10 rings (SSSR count). The Balaban J connectivity index is 1.33. The zero-order chi connectivity index (χ0) is 35.3. The van der Waals surface area contributed by atoms with Crippen molar-refractivity contribution in [2.24, 2.45) is 0 Å². The van der Waals surface area contributed by atoms with E-state index in [4.69, 9.17) is 12.3 Å². The lowest BCUT2D eigenvalue weighted by Gasteiger charge is -2.25. The summed E-state index contributed by atoms with van der Waals surface area (Å²) in [4.78, 5) is 0. The van der Waals surface area contributed by atoms with Gasteiger partial charge in [-0.1, -0.05) is 154 Å². The summed E-state index contributed by atoms with van der Waals surface area (Å²) in [6.07, 6.45) is 2.23. The first-order valence-corrected chi connectivity index (χ1v) is 18.3. The standard InChI is InChI=1S/C50H37BO/c1-29(51)25-42(46-30(2)52-45-27-32-16-6-5-15-31(32)26-41(45)46)48-37-21-11-9-19-35(37)47(36-20-10-12-22-38(36)48)40-28-44-49(34-18-8-7-17-33(34)40)39-23-13-14-24-43(39)50(44,3)4/h5-29H,1-4H3/b42-25+. The number of hydrogen-bond donors (Lipinski definition) is 0. The first-order valence-electron chi connectivity index (χ1n) is 18.3.